The number of aryl methyl sites for hydroxylation is 1. The van der Waals surface area contributed by atoms with Crippen molar-refractivity contribution in [2.45, 2.75) is 82.6 Å². The highest BCUT2D eigenvalue weighted by atomic mass is 35.5. The summed E-state index contributed by atoms with van der Waals surface area (Å²) >= 11 is 7.15. The molecular weight excluding hydrogens is 732 g/mol. The van der Waals surface area contributed by atoms with Gasteiger partial charge in [0.05, 0.1) is 0 Å². The largest absolute Gasteiger partial charge is 0.481 e. The number of alkyl halides is 1. The molecule has 0 unspecified atom stereocenters. The minimum atomic E-state index is -1.21. The number of hydrogen-bond acceptors (Lipinski definition) is 7. The number of nitrogens with zero attached hydrogens (tertiary/aromatic N) is 1. The van der Waals surface area contributed by atoms with Crippen LogP contribution in [0.2, 0.25) is 0 Å². The molecular formula is C39H45ClN6O7S. The number of amides is 5. The molecule has 1 aliphatic heterocycles. The van der Waals surface area contributed by atoms with Gasteiger partial charge in [-0.2, -0.15) is 11.3 Å². The molecule has 13 nitrogen and oxygen atoms in total. The lowest BCUT2D eigenvalue weighted by atomic mass is 9.97. The number of aliphatic carboxylic acids is 1. The number of rotatable bonds is 17. The Morgan fingerprint density at radius 3 is 2.39 bits per heavy atom. The monoisotopic (exact) mass is 776 g/mol. The van der Waals surface area contributed by atoms with E-state index >= 15 is 0 Å². The van der Waals surface area contributed by atoms with E-state index in [0.29, 0.717) is 12.8 Å². The van der Waals surface area contributed by atoms with Gasteiger partial charge in [0, 0.05) is 49.5 Å². The van der Waals surface area contributed by atoms with Crippen LogP contribution >= 0.6 is 22.9 Å². The second kappa shape index (κ2) is 19.2. The summed E-state index contributed by atoms with van der Waals surface area (Å²) in [7, 11) is 0. The molecule has 54 heavy (non-hydrogen) atoms. The van der Waals surface area contributed by atoms with Crippen molar-refractivity contribution in [1.29, 1.82) is 0 Å². The van der Waals surface area contributed by atoms with Gasteiger partial charge < -0.3 is 36.3 Å². The maximum Gasteiger partial charge on any atom is 0.303 e. The van der Waals surface area contributed by atoms with E-state index in [9.17, 15) is 33.9 Å². The summed E-state index contributed by atoms with van der Waals surface area (Å²) in [6.45, 7) is 2.43. The fraction of sp³-hybridized carbons (Fsp3) is 0.385. The van der Waals surface area contributed by atoms with Crippen molar-refractivity contribution in [3.05, 3.63) is 93.8 Å². The van der Waals surface area contributed by atoms with Gasteiger partial charge in [0.25, 0.3) is 0 Å². The molecule has 4 aromatic rings. The number of carboxylic acid groups (broad SMARTS) is 1. The van der Waals surface area contributed by atoms with Crippen molar-refractivity contribution in [2.75, 3.05) is 12.4 Å². The predicted molar refractivity (Wildman–Crippen MR) is 206 cm³/mol. The number of carbonyl (C=O) groups is 6. The average Bonchev–Trinajstić information content (AvgIpc) is 3.85. The summed E-state index contributed by atoms with van der Waals surface area (Å²) in [5.74, 6) is -4.37. The number of nitrogens with one attached hydrogen (secondary N) is 5. The van der Waals surface area contributed by atoms with Crippen molar-refractivity contribution in [3.63, 3.8) is 0 Å². The van der Waals surface area contributed by atoms with Crippen LogP contribution in [-0.4, -0.2) is 87.1 Å². The molecule has 2 aromatic heterocycles. The highest BCUT2D eigenvalue weighted by Gasteiger charge is 2.38. The summed E-state index contributed by atoms with van der Waals surface area (Å²) in [5, 5.41) is 25.2. The number of para-hydroxylation sites is 1. The number of benzene rings is 2. The van der Waals surface area contributed by atoms with Crippen LogP contribution in [0.25, 0.3) is 10.9 Å². The molecule has 0 radical (unpaired) electrons. The Labute approximate surface area is 322 Å². The van der Waals surface area contributed by atoms with Crippen LogP contribution in [0.5, 0.6) is 0 Å². The molecule has 0 spiro atoms. The minimum absolute atomic E-state index is 0.0748. The van der Waals surface area contributed by atoms with Crippen LogP contribution in [0.1, 0.15) is 54.4 Å². The molecule has 0 bridgehead atoms. The number of halogens is 1. The Morgan fingerprint density at radius 2 is 1.67 bits per heavy atom. The smallest absolute Gasteiger partial charge is 0.303 e. The number of H-pyrrole nitrogens is 1. The molecule has 1 fully saturated rings. The summed E-state index contributed by atoms with van der Waals surface area (Å²) in [6, 6.07) is 12.9. The lowest BCUT2D eigenvalue weighted by Gasteiger charge is -2.37. The number of thiophene rings is 1. The van der Waals surface area contributed by atoms with Crippen molar-refractivity contribution >= 4 is 69.3 Å². The van der Waals surface area contributed by atoms with Crippen molar-refractivity contribution < 1.29 is 33.9 Å². The van der Waals surface area contributed by atoms with E-state index in [0.717, 1.165) is 33.2 Å². The Kier molecular flexibility index (Phi) is 14.2. The number of piperidine rings is 1. The van der Waals surface area contributed by atoms with Gasteiger partial charge >= 0.3 is 5.97 Å². The number of likely N-dealkylation sites (tertiary alicyclic amines) is 1. The van der Waals surface area contributed by atoms with Crippen molar-refractivity contribution in [2.24, 2.45) is 0 Å². The van der Waals surface area contributed by atoms with Gasteiger partial charge in [-0.1, -0.05) is 48.0 Å². The van der Waals surface area contributed by atoms with Crippen LogP contribution in [0, 0.1) is 6.92 Å². The van der Waals surface area contributed by atoms with Gasteiger partial charge in [0.2, 0.25) is 29.5 Å². The first-order valence-electron chi connectivity index (χ1n) is 17.9. The van der Waals surface area contributed by atoms with Crippen molar-refractivity contribution in [3.8, 4) is 0 Å². The minimum Gasteiger partial charge on any atom is -0.481 e. The highest BCUT2D eigenvalue weighted by molar-refractivity contribution is 7.07. The van der Waals surface area contributed by atoms with E-state index in [4.69, 9.17) is 11.6 Å². The third-order valence-electron chi connectivity index (χ3n) is 9.46. The normalized spacial score (nSPS) is 15.8. The first-order valence-corrected chi connectivity index (χ1v) is 19.4. The topological polar surface area (TPSA) is 190 Å². The first-order chi connectivity index (χ1) is 26.0. The molecule has 5 amide bonds. The molecule has 1 saturated heterocycles. The third-order valence-corrected chi connectivity index (χ3v) is 10.4. The molecule has 286 valence electrons. The molecule has 0 saturated carbocycles. The second-order valence-electron chi connectivity index (χ2n) is 13.5. The van der Waals surface area contributed by atoms with Gasteiger partial charge in [-0.15, -0.1) is 11.6 Å². The zero-order valence-corrected chi connectivity index (χ0v) is 31.5. The molecule has 1 aliphatic rings. The highest BCUT2D eigenvalue weighted by Crippen LogP contribution is 2.22. The zero-order valence-electron chi connectivity index (χ0n) is 29.9. The SMILES string of the molecule is Cc1ccc(CNC(=O)[C@H](Cc2ccsc2)NC(=O)[C@H](Cc2c[nH]c3ccccc23)NC(=O)[C@@H]2CCCCN2C(=O)[C@H](CCC(=O)O)NC(=O)CCl)cc1. The Hall–Kier alpha value is -5.21. The average molecular weight is 777 g/mol. The van der Waals surface area contributed by atoms with E-state index in [1.165, 1.54) is 16.2 Å². The van der Waals surface area contributed by atoms with Crippen LogP contribution in [0.3, 0.4) is 0 Å². The quantitative estimate of drug-likeness (QED) is 0.0884. The Bertz CT molecular complexity index is 1930. The van der Waals surface area contributed by atoms with Gasteiger partial charge in [-0.3, -0.25) is 28.8 Å². The number of aromatic amines is 1. The lowest BCUT2D eigenvalue weighted by molar-refractivity contribution is -0.146. The molecule has 2 aromatic carbocycles. The van der Waals surface area contributed by atoms with Gasteiger partial charge in [-0.05, 0) is 72.2 Å². The summed E-state index contributed by atoms with van der Waals surface area (Å²) in [4.78, 5) is 84.0. The van der Waals surface area contributed by atoms with Gasteiger partial charge in [-0.25, -0.2) is 0 Å². The third kappa shape index (κ3) is 10.9. The second-order valence-corrected chi connectivity index (χ2v) is 14.5. The molecule has 5 rings (SSSR count). The van der Waals surface area contributed by atoms with E-state index < -0.39 is 59.6 Å². The van der Waals surface area contributed by atoms with Gasteiger partial charge in [0.15, 0.2) is 0 Å². The summed E-state index contributed by atoms with van der Waals surface area (Å²) in [5.41, 5.74) is 4.46. The lowest BCUT2D eigenvalue weighted by Crippen LogP contribution is -2.61. The van der Waals surface area contributed by atoms with Crippen LogP contribution in [0.4, 0.5) is 0 Å². The van der Waals surface area contributed by atoms with E-state index in [-0.39, 0.29) is 51.1 Å². The number of carbonyl (C=O) groups excluding carboxylic acids is 5. The van der Waals surface area contributed by atoms with E-state index in [1.54, 1.807) is 6.20 Å². The predicted octanol–water partition coefficient (Wildman–Crippen LogP) is 3.58. The maximum absolute atomic E-state index is 14.3. The first kappa shape index (κ1) is 40.0. The van der Waals surface area contributed by atoms with Crippen LogP contribution in [-0.2, 0) is 48.2 Å². The van der Waals surface area contributed by atoms with E-state index in [2.05, 4.69) is 26.3 Å². The molecule has 15 heteroatoms. The Morgan fingerprint density at radius 1 is 0.907 bits per heavy atom. The Balaban J connectivity index is 1.39. The van der Waals surface area contributed by atoms with Crippen molar-refractivity contribution in [1.82, 2.24) is 31.2 Å². The summed E-state index contributed by atoms with van der Waals surface area (Å²) in [6.07, 6.45) is 3.00. The van der Waals surface area contributed by atoms with Crippen LogP contribution < -0.4 is 21.3 Å². The van der Waals surface area contributed by atoms with Crippen LogP contribution in [0.15, 0.2) is 71.6 Å². The molecule has 4 atom stereocenters. The van der Waals surface area contributed by atoms with E-state index in [1.807, 2.05) is 72.3 Å². The standard InChI is InChI=1S/C39H45ClN6O7S/c1-24-9-11-25(12-10-24)21-42-36(50)31(18-26-15-17-54-23-26)44-37(51)32(19-27-22-41-29-7-3-2-6-28(27)29)45-38(52)33-8-4-5-16-46(33)39(53)30(13-14-35(48)49)43-34(47)20-40/h2-3,6-7,9-12,15,17,22-23,30-33,41H,4-5,8,13-14,16,18-21H2,1H3,(H,42,50)(H,43,47)(H,44,51)(H,45,52)(H,48,49)/t30-,31-,32-,33-/m0/s1. The number of carboxylic acids is 1. The number of hydrogen-bond donors (Lipinski definition) is 6. The molecule has 3 heterocycles. The molecule has 6 N–H and O–H groups in total. The fourth-order valence-electron chi connectivity index (χ4n) is 6.57. The maximum atomic E-state index is 14.3. The number of aromatic nitrogens is 1. The summed E-state index contributed by atoms with van der Waals surface area (Å²) < 4.78 is 0. The van der Waals surface area contributed by atoms with Gasteiger partial charge in [0.1, 0.15) is 30.0 Å². The molecule has 0 aliphatic carbocycles. The number of fused-ring (bicyclic) bond motifs is 1. The fourth-order valence-corrected chi connectivity index (χ4v) is 7.33. The zero-order chi connectivity index (χ0) is 38.6.